The van der Waals surface area contributed by atoms with Gasteiger partial charge in [-0.1, -0.05) is 30.3 Å². The molecule has 2 aromatic rings. The van der Waals surface area contributed by atoms with Gasteiger partial charge in [-0.25, -0.2) is 0 Å². The smallest absolute Gasteiger partial charge is 0.00772 e. The van der Waals surface area contributed by atoms with Gasteiger partial charge in [-0.2, -0.15) is 0 Å². The molecule has 1 nitrogen and oxygen atoms in total. The standard InChI is InChI=1S/C16H19N/c17-11-2-1-4-12-7-8-14-10-9-13-5-3-6-15(12)16(13)14/h3,5-8H,1-2,4,9-11,17H2. The number of rotatable bonds is 4. The van der Waals surface area contributed by atoms with Gasteiger partial charge in [-0.05, 0) is 66.1 Å². The summed E-state index contributed by atoms with van der Waals surface area (Å²) < 4.78 is 0. The molecule has 0 aliphatic heterocycles. The predicted octanol–water partition coefficient (Wildman–Crippen LogP) is 3.22. The number of hydrogen-bond donors (Lipinski definition) is 1. The van der Waals surface area contributed by atoms with E-state index in [1.807, 2.05) is 0 Å². The zero-order chi connectivity index (χ0) is 11.7. The Morgan fingerprint density at radius 3 is 2.59 bits per heavy atom. The summed E-state index contributed by atoms with van der Waals surface area (Å²) in [5.41, 5.74) is 10.1. The normalized spacial score (nSPS) is 13.5. The van der Waals surface area contributed by atoms with Gasteiger partial charge in [0.25, 0.3) is 0 Å². The molecule has 0 saturated carbocycles. The van der Waals surface area contributed by atoms with E-state index >= 15 is 0 Å². The van der Waals surface area contributed by atoms with Crippen LogP contribution in [0.25, 0.3) is 10.8 Å². The third-order valence-electron chi connectivity index (χ3n) is 3.87. The lowest BCUT2D eigenvalue weighted by Crippen LogP contribution is -1.99. The molecule has 1 aliphatic rings. The highest BCUT2D eigenvalue weighted by Crippen LogP contribution is 2.33. The van der Waals surface area contributed by atoms with Crippen molar-refractivity contribution in [2.45, 2.75) is 32.1 Å². The zero-order valence-electron chi connectivity index (χ0n) is 10.2. The molecule has 2 N–H and O–H groups in total. The van der Waals surface area contributed by atoms with Gasteiger partial charge in [0.15, 0.2) is 0 Å². The highest BCUT2D eigenvalue weighted by Gasteiger charge is 2.15. The summed E-state index contributed by atoms with van der Waals surface area (Å²) in [4.78, 5) is 0. The first-order valence-corrected chi connectivity index (χ1v) is 6.62. The third-order valence-corrected chi connectivity index (χ3v) is 3.87. The molecule has 0 fully saturated rings. The SMILES string of the molecule is NCCCCc1ccc2c3c(cccc13)CC2. The molecule has 0 unspecified atom stereocenters. The number of aryl methyl sites for hydroxylation is 3. The average Bonchev–Trinajstić information content (AvgIpc) is 2.78. The van der Waals surface area contributed by atoms with E-state index in [0.717, 1.165) is 19.4 Å². The summed E-state index contributed by atoms with van der Waals surface area (Å²) in [5.74, 6) is 0. The number of unbranched alkanes of at least 4 members (excludes halogenated alkanes) is 1. The minimum absolute atomic E-state index is 0.807. The van der Waals surface area contributed by atoms with Gasteiger partial charge in [-0.3, -0.25) is 0 Å². The molecule has 0 atom stereocenters. The summed E-state index contributed by atoms with van der Waals surface area (Å²) in [6, 6.07) is 11.4. The van der Waals surface area contributed by atoms with Crippen molar-refractivity contribution in [3.8, 4) is 0 Å². The van der Waals surface area contributed by atoms with Crippen molar-refractivity contribution < 1.29 is 0 Å². The molecule has 0 heterocycles. The third kappa shape index (κ3) is 1.85. The van der Waals surface area contributed by atoms with Crippen LogP contribution >= 0.6 is 0 Å². The van der Waals surface area contributed by atoms with Crippen LogP contribution in [0, 0.1) is 0 Å². The average molecular weight is 225 g/mol. The molecule has 0 spiro atoms. The molecule has 0 amide bonds. The topological polar surface area (TPSA) is 26.0 Å². The fraction of sp³-hybridized carbons (Fsp3) is 0.375. The van der Waals surface area contributed by atoms with E-state index in [0.29, 0.717) is 0 Å². The number of nitrogens with two attached hydrogens (primary N) is 1. The molecule has 0 aromatic heterocycles. The second-order valence-corrected chi connectivity index (χ2v) is 4.97. The minimum atomic E-state index is 0.807. The van der Waals surface area contributed by atoms with Crippen LogP contribution in [0.1, 0.15) is 29.5 Å². The molecule has 0 saturated heterocycles. The summed E-state index contributed by atoms with van der Waals surface area (Å²) in [7, 11) is 0. The van der Waals surface area contributed by atoms with Gasteiger partial charge in [-0.15, -0.1) is 0 Å². The van der Waals surface area contributed by atoms with Crippen LogP contribution in [0.15, 0.2) is 30.3 Å². The van der Waals surface area contributed by atoms with Gasteiger partial charge in [0.05, 0.1) is 0 Å². The van der Waals surface area contributed by atoms with Crippen molar-refractivity contribution in [2.75, 3.05) is 6.54 Å². The number of benzene rings is 2. The van der Waals surface area contributed by atoms with Gasteiger partial charge in [0.1, 0.15) is 0 Å². The Balaban J connectivity index is 2.03. The van der Waals surface area contributed by atoms with Crippen LogP contribution < -0.4 is 5.73 Å². The Labute approximate surface area is 103 Å². The second kappa shape index (κ2) is 4.50. The molecule has 1 heteroatoms. The summed E-state index contributed by atoms with van der Waals surface area (Å²) >= 11 is 0. The fourth-order valence-electron chi connectivity index (χ4n) is 2.99. The van der Waals surface area contributed by atoms with Crippen molar-refractivity contribution in [1.82, 2.24) is 0 Å². The Hall–Kier alpha value is -1.34. The quantitative estimate of drug-likeness (QED) is 0.794. The highest BCUT2D eigenvalue weighted by atomic mass is 14.5. The van der Waals surface area contributed by atoms with Gasteiger partial charge < -0.3 is 5.73 Å². The zero-order valence-corrected chi connectivity index (χ0v) is 10.2. The van der Waals surface area contributed by atoms with E-state index in [1.54, 1.807) is 0 Å². The molecule has 88 valence electrons. The maximum absolute atomic E-state index is 5.56. The van der Waals surface area contributed by atoms with Crippen molar-refractivity contribution in [3.63, 3.8) is 0 Å². The minimum Gasteiger partial charge on any atom is -0.330 e. The van der Waals surface area contributed by atoms with E-state index in [9.17, 15) is 0 Å². The van der Waals surface area contributed by atoms with Crippen LogP contribution in [-0.2, 0) is 19.3 Å². The van der Waals surface area contributed by atoms with Crippen LogP contribution in [-0.4, -0.2) is 6.54 Å². The molecule has 0 bridgehead atoms. The van der Waals surface area contributed by atoms with E-state index in [2.05, 4.69) is 30.3 Å². The predicted molar refractivity (Wildman–Crippen MR) is 73.3 cm³/mol. The molecule has 17 heavy (non-hydrogen) atoms. The maximum atomic E-state index is 5.56. The van der Waals surface area contributed by atoms with E-state index in [4.69, 9.17) is 5.73 Å². The molecular formula is C16H19N. The number of hydrogen-bond acceptors (Lipinski definition) is 1. The lowest BCUT2D eigenvalue weighted by atomic mass is 9.97. The first-order valence-electron chi connectivity index (χ1n) is 6.62. The van der Waals surface area contributed by atoms with E-state index in [1.165, 1.54) is 46.7 Å². The van der Waals surface area contributed by atoms with Crippen molar-refractivity contribution in [2.24, 2.45) is 5.73 Å². The lowest BCUT2D eigenvalue weighted by Gasteiger charge is -2.08. The van der Waals surface area contributed by atoms with Gasteiger partial charge in [0, 0.05) is 0 Å². The Bertz CT molecular complexity index is 532. The van der Waals surface area contributed by atoms with E-state index in [-0.39, 0.29) is 0 Å². The fourth-order valence-corrected chi connectivity index (χ4v) is 2.99. The lowest BCUT2D eigenvalue weighted by molar-refractivity contribution is 0.747. The molecule has 1 aliphatic carbocycles. The van der Waals surface area contributed by atoms with E-state index < -0.39 is 0 Å². The second-order valence-electron chi connectivity index (χ2n) is 4.97. The van der Waals surface area contributed by atoms with Crippen molar-refractivity contribution in [3.05, 3.63) is 47.0 Å². The van der Waals surface area contributed by atoms with Crippen molar-refractivity contribution in [1.29, 1.82) is 0 Å². The summed E-state index contributed by atoms with van der Waals surface area (Å²) in [5, 5.41) is 3.02. The monoisotopic (exact) mass is 225 g/mol. The Kier molecular flexibility index (Phi) is 2.86. The van der Waals surface area contributed by atoms with Crippen LogP contribution in [0.3, 0.4) is 0 Å². The Morgan fingerprint density at radius 2 is 1.76 bits per heavy atom. The first kappa shape index (κ1) is 10.8. The molecular weight excluding hydrogens is 206 g/mol. The summed E-state index contributed by atoms with van der Waals surface area (Å²) in [6.07, 6.45) is 5.94. The van der Waals surface area contributed by atoms with Crippen LogP contribution in [0.2, 0.25) is 0 Å². The largest absolute Gasteiger partial charge is 0.330 e. The molecule has 2 aromatic carbocycles. The molecule has 3 rings (SSSR count). The highest BCUT2D eigenvalue weighted by molar-refractivity contribution is 5.93. The van der Waals surface area contributed by atoms with Crippen LogP contribution in [0.4, 0.5) is 0 Å². The Morgan fingerprint density at radius 1 is 0.941 bits per heavy atom. The molecule has 0 radical (unpaired) electrons. The van der Waals surface area contributed by atoms with Gasteiger partial charge >= 0.3 is 0 Å². The van der Waals surface area contributed by atoms with Crippen LogP contribution in [0.5, 0.6) is 0 Å². The van der Waals surface area contributed by atoms with Gasteiger partial charge in [0.2, 0.25) is 0 Å². The summed E-state index contributed by atoms with van der Waals surface area (Å²) in [6.45, 7) is 0.807. The maximum Gasteiger partial charge on any atom is -0.00772 e. The van der Waals surface area contributed by atoms with Crippen molar-refractivity contribution >= 4 is 10.8 Å². The first-order chi connectivity index (χ1) is 8.40.